The zero-order valence-electron chi connectivity index (χ0n) is 17.0. The molecular weight excluding hydrogens is 436 g/mol. The predicted octanol–water partition coefficient (Wildman–Crippen LogP) is 5.62. The van der Waals surface area contributed by atoms with E-state index in [0.717, 1.165) is 23.4 Å². The van der Waals surface area contributed by atoms with Gasteiger partial charge in [0.25, 0.3) is 11.4 Å². The summed E-state index contributed by atoms with van der Waals surface area (Å²) in [6.07, 6.45) is 0. The van der Waals surface area contributed by atoms with Crippen molar-refractivity contribution in [3.05, 3.63) is 86.5 Å². The van der Waals surface area contributed by atoms with Gasteiger partial charge in [0, 0.05) is 11.0 Å². The first-order valence-corrected chi connectivity index (χ1v) is 10.0. The van der Waals surface area contributed by atoms with Crippen molar-refractivity contribution < 1.29 is 19.4 Å². The SMILES string of the molecule is COc1ccc(C)cc1NC(=O)Nc1ccccc1Sc1ccc([N+](=O)[O-])cc1[N+](=O)[O-]. The number of benzene rings is 3. The second-order valence-corrected chi connectivity index (χ2v) is 7.63. The number of anilines is 2. The molecule has 2 N–H and O–H groups in total. The minimum atomic E-state index is -0.694. The lowest BCUT2D eigenvalue weighted by Crippen LogP contribution is -2.20. The van der Waals surface area contributed by atoms with Gasteiger partial charge in [-0.1, -0.05) is 30.0 Å². The zero-order valence-corrected chi connectivity index (χ0v) is 17.8. The maximum atomic E-state index is 12.6. The molecule has 11 heteroatoms. The Labute approximate surface area is 186 Å². The maximum absolute atomic E-state index is 12.6. The number of non-ortho nitro benzene ring substituents is 1. The minimum Gasteiger partial charge on any atom is -0.495 e. The fourth-order valence-electron chi connectivity index (χ4n) is 2.82. The average Bonchev–Trinajstić information content (AvgIpc) is 2.75. The van der Waals surface area contributed by atoms with E-state index in [1.165, 1.54) is 19.2 Å². The third-order valence-corrected chi connectivity index (χ3v) is 5.45. The van der Waals surface area contributed by atoms with Crippen LogP contribution < -0.4 is 15.4 Å². The van der Waals surface area contributed by atoms with E-state index in [-0.39, 0.29) is 10.6 Å². The smallest absolute Gasteiger partial charge is 0.323 e. The highest BCUT2D eigenvalue weighted by atomic mass is 32.2. The highest BCUT2D eigenvalue weighted by molar-refractivity contribution is 7.99. The fourth-order valence-corrected chi connectivity index (χ4v) is 3.81. The summed E-state index contributed by atoms with van der Waals surface area (Å²) < 4.78 is 5.26. The number of nitro benzene ring substituents is 2. The van der Waals surface area contributed by atoms with Crippen molar-refractivity contribution in [1.82, 2.24) is 0 Å². The Morgan fingerprint density at radius 1 is 0.906 bits per heavy atom. The third kappa shape index (κ3) is 5.32. The second-order valence-electron chi connectivity index (χ2n) is 6.55. The summed E-state index contributed by atoms with van der Waals surface area (Å²) in [5, 5.41) is 27.8. The van der Waals surface area contributed by atoms with Gasteiger partial charge >= 0.3 is 6.03 Å². The molecule has 0 spiro atoms. The number of rotatable bonds is 7. The number of aryl methyl sites for hydroxylation is 1. The molecule has 0 heterocycles. The van der Waals surface area contributed by atoms with E-state index in [9.17, 15) is 25.0 Å². The third-order valence-electron chi connectivity index (χ3n) is 4.31. The molecule has 0 unspecified atom stereocenters. The number of carbonyl (C=O) groups excluding carboxylic acids is 1. The molecule has 3 rings (SSSR count). The Hall–Kier alpha value is -4.12. The number of nitro groups is 2. The van der Waals surface area contributed by atoms with Gasteiger partial charge in [-0.15, -0.1) is 0 Å². The lowest BCUT2D eigenvalue weighted by molar-refractivity contribution is -0.396. The fraction of sp³-hybridized carbons (Fsp3) is 0.0952. The van der Waals surface area contributed by atoms with Gasteiger partial charge in [0.15, 0.2) is 0 Å². The molecule has 0 saturated carbocycles. The number of hydrogen-bond donors (Lipinski definition) is 2. The van der Waals surface area contributed by atoms with Crippen molar-refractivity contribution in [3.8, 4) is 5.75 Å². The monoisotopic (exact) mass is 454 g/mol. The van der Waals surface area contributed by atoms with Crippen LogP contribution in [0.5, 0.6) is 5.75 Å². The van der Waals surface area contributed by atoms with Crippen molar-refractivity contribution in [3.63, 3.8) is 0 Å². The first-order chi connectivity index (χ1) is 15.3. The molecule has 3 aromatic rings. The van der Waals surface area contributed by atoms with Gasteiger partial charge in [-0.05, 0) is 42.8 Å². The molecule has 10 nitrogen and oxygen atoms in total. The molecular formula is C21H18N4O6S. The average molecular weight is 454 g/mol. The predicted molar refractivity (Wildman–Crippen MR) is 121 cm³/mol. The van der Waals surface area contributed by atoms with Crippen molar-refractivity contribution in [1.29, 1.82) is 0 Å². The van der Waals surface area contributed by atoms with Crippen LogP contribution in [-0.2, 0) is 0 Å². The van der Waals surface area contributed by atoms with Gasteiger partial charge in [-0.25, -0.2) is 4.79 Å². The van der Waals surface area contributed by atoms with Crippen LogP contribution in [-0.4, -0.2) is 23.0 Å². The molecule has 32 heavy (non-hydrogen) atoms. The van der Waals surface area contributed by atoms with E-state index in [1.807, 2.05) is 13.0 Å². The van der Waals surface area contributed by atoms with Crippen molar-refractivity contribution in [2.45, 2.75) is 16.7 Å². The quantitative estimate of drug-likeness (QED) is 0.349. The number of hydrogen-bond acceptors (Lipinski definition) is 7. The summed E-state index contributed by atoms with van der Waals surface area (Å²) in [6.45, 7) is 1.88. The first-order valence-electron chi connectivity index (χ1n) is 9.21. The lowest BCUT2D eigenvalue weighted by Gasteiger charge is -2.14. The van der Waals surface area contributed by atoms with Gasteiger partial charge in [-0.2, -0.15) is 0 Å². The molecule has 0 fully saturated rings. The van der Waals surface area contributed by atoms with Crippen LogP contribution in [0.15, 0.2) is 70.5 Å². The van der Waals surface area contributed by atoms with Crippen molar-refractivity contribution in [2.24, 2.45) is 0 Å². The Balaban J connectivity index is 1.84. The first kappa shape index (κ1) is 22.6. The molecule has 0 aliphatic carbocycles. The normalized spacial score (nSPS) is 10.3. The van der Waals surface area contributed by atoms with Crippen LogP contribution in [0.3, 0.4) is 0 Å². The Kier molecular flexibility index (Phi) is 6.90. The number of urea groups is 1. The van der Waals surface area contributed by atoms with Crippen LogP contribution in [0.4, 0.5) is 27.5 Å². The molecule has 0 bridgehead atoms. The Bertz CT molecular complexity index is 1200. The van der Waals surface area contributed by atoms with Crippen LogP contribution in [0.1, 0.15) is 5.56 Å². The largest absolute Gasteiger partial charge is 0.495 e. The molecule has 164 valence electrons. The molecule has 0 aliphatic rings. The number of carbonyl (C=O) groups is 1. The number of nitrogens with zero attached hydrogens (tertiary/aromatic N) is 2. The van der Waals surface area contributed by atoms with Crippen molar-refractivity contribution in [2.75, 3.05) is 17.7 Å². The molecule has 0 atom stereocenters. The minimum absolute atomic E-state index is 0.204. The van der Waals surface area contributed by atoms with E-state index in [0.29, 0.717) is 22.0 Å². The highest BCUT2D eigenvalue weighted by Gasteiger charge is 2.21. The van der Waals surface area contributed by atoms with Gasteiger partial charge < -0.3 is 15.4 Å². The Morgan fingerprint density at radius 3 is 2.31 bits per heavy atom. The van der Waals surface area contributed by atoms with Crippen LogP contribution in [0, 0.1) is 27.2 Å². The Morgan fingerprint density at radius 2 is 1.62 bits per heavy atom. The number of amides is 2. The number of nitrogens with one attached hydrogen (secondary N) is 2. The second kappa shape index (κ2) is 9.79. The molecule has 0 radical (unpaired) electrons. The maximum Gasteiger partial charge on any atom is 0.323 e. The van der Waals surface area contributed by atoms with Gasteiger partial charge in [0.05, 0.1) is 39.3 Å². The highest BCUT2D eigenvalue weighted by Crippen LogP contribution is 2.40. The zero-order chi connectivity index (χ0) is 23.3. The van der Waals surface area contributed by atoms with Gasteiger partial charge in [0.1, 0.15) is 5.75 Å². The van der Waals surface area contributed by atoms with Gasteiger partial charge in [-0.3, -0.25) is 20.2 Å². The summed E-state index contributed by atoms with van der Waals surface area (Å²) in [5.41, 5.74) is 1.06. The van der Waals surface area contributed by atoms with E-state index < -0.39 is 21.6 Å². The number of para-hydroxylation sites is 1. The van der Waals surface area contributed by atoms with Crippen LogP contribution in [0.25, 0.3) is 0 Å². The van der Waals surface area contributed by atoms with E-state index >= 15 is 0 Å². The van der Waals surface area contributed by atoms with Gasteiger partial charge in [0.2, 0.25) is 0 Å². The van der Waals surface area contributed by atoms with E-state index in [1.54, 1.807) is 36.4 Å². The van der Waals surface area contributed by atoms with Crippen LogP contribution in [0.2, 0.25) is 0 Å². The number of methoxy groups -OCH3 is 1. The molecule has 0 saturated heterocycles. The topological polar surface area (TPSA) is 137 Å². The van der Waals surface area contributed by atoms with Crippen molar-refractivity contribution >= 4 is 40.5 Å². The van der Waals surface area contributed by atoms with E-state index in [4.69, 9.17) is 4.74 Å². The van der Waals surface area contributed by atoms with Crippen LogP contribution >= 0.6 is 11.8 Å². The standard InChI is InChI=1S/C21H18N4O6S/c1-13-7-9-18(31-2)16(11-13)23-21(26)22-15-5-3-4-6-19(15)32-20-10-8-14(24(27)28)12-17(20)25(29)30/h3-12H,1-2H3,(H2,22,23,26). The summed E-state index contributed by atoms with van der Waals surface area (Å²) in [7, 11) is 1.50. The van der Waals surface area contributed by atoms with E-state index in [2.05, 4.69) is 10.6 Å². The summed E-state index contributed by atoms with van der Waals surface area (Å²) in [5.74, 6) is 0.495. The lowest BCUT2D eigenvalue weighted by atomic mass is 10.2. The summed E-state index contributed by atoms with van der Waals surface area (Å²) >= 11 is 1.02. The molecule has 2 amide bonds. The molecule has 3 aromatic carbocycles. The number of ether oxygens (including phenoxy) is 1. The molecule has 0 aliphatic heterocycles. The summed E-state index contributed by atoms with van der Waals surface area (Å²) in [6, 6.07) is 15.0. The molecule has 0 aromatic heterocycles. The summed E-state index contributed by atoms with van der Waals surface area (Å²) in [4.78, 5) is 34.3.